The lowest BCUT2D eigenvalue weighted by Gasteiger charge is -2.09. The maximum absolute atomic E-state index is 11.1. The van der Waals surface area contributed by atoms with Crippen LogP contribution in [0.2, 0.25) is 0 Å². The lowest BCUT2D eigenvalue weighted by Crippen LogP contribution is -2.01. The zero-order valence-corrected chi connectivity index (χ0v) is 11.1. The van der Waals surface area contributed by atoms with Gasteiger partial charge >= 0.3 is 5.97 Å². The van der Waals surface area contributed by atoms with Gasteiger partial charge in [-0.25, -0.2) is 9.78 Å². The van der Waals surface area contributed by atoms with E-state index in [2.05, 4.69) is 4.98 Å². The number of rotatable bonds is 4. The first-order chi connectivity index (χ1) is 9.47. The Labute approximate surface area is 115 Å². The average Bonchev–Trinajstić information content (AvgIpc) is 2.39. The van der Waals surface area contributed by atoms with Crippen molar-refractivity contribution in [1.29, 1.82) is 0 Å². The van der Waals surface area contributed by atoms with Crippen molar-refractivity contribution in [3.8, 4) is 11.5 Å². The molecule has 1 N–H and O–H groups in total. The molecule has 1 aromatic heterocycles. The van der Waals surface area contributed by atoms with Crippen LogP contribution < -0.4 is 4.74 Å². The summed E-state index contributed by atoms with van der Waals surface area (Å²) in [5.74, 6) is -0.579. The fourth-order valence-corrected chi connectivity index (χ4v) is 1.67. The number of aryl methyl sites for hydroxylation is 1. The van der Waals surface area contributed by atoms with Crippen LogP contribution >= 0.6 is 0 Å². The van der Waals surface area contributed by atoms with Gasteiger partial charge in [-0.05, 0) is 36.8 Å². The van der Waals surface area contributed by atoms with Crippen molar-refractivity contribution in [2.45, 2.75) is 13.8 Å². The summed E-state index contributed by atoms with van der Waals surface area (Å²) in [4.78, 5) is 26.2. The van der Waals surface area contributed by atoms with Gasteiger partial charge in [-0.2, -0.15) is 0 Å². The maximum atomic E-state index is 11.1. The molecule has 0 aliphatic carbocycles. The van der Waals surface area contributed by atoms with Gasteiger partial charge in [-0.1, -0.05) is 6.07 Å². The van der Waals surface area contributed by atoms with Gasteiger partial charge in [-0.15, -0.1) is 0 Å². The Kier molecular flexibility index (Phi) is 3.79. The number of aromatic carboxylic acids is 1. The van der Waals surface area contributed by atoms with Crippen LogP contribution in [-0.4, -0.2) is 21.8 Å². The minimum absolute atomic E-state index is 0.0752. The highest BCUT2D eigenvalue weighted by molar-refractivity contribution is 5.92. The van der Waals surface area contributed by atoms with E-state index < -0.39 is 5.97 Å². The maximum Gasteiger partial charge on any atom is 0.339 e. The van der Waals surface area contributed by atoms with E-state index in [-0.39, 0.29) is 17.1 Å². The van der Waals surface area contributed by atoms with Crippen LogP contribution in [0.5, 0.6) is 11.5 Å². The van der Waals surface area contributed by atoms with Crippen LogP contribution in [-0.2, 0) is 0 Å². The summed E-state index contributed by atoms with van der Waals surface area (Å²) < 4.78 is 5.53. The predicted octanol–water partition coefficient (Wildman–Crippen LogP) is 3.08. The molecular weight excluding hydrogens is 258 g/mol. The van der Waals surface area contributed by atoms with Gasteiger partial charge in [0.15, 0.2) is 5.78 Å². The summed E-state index contributed by atoms with van der Waals surface area (Å²) in [7, 11) is 0. The van der Waals surface area contributed by atoms with Crippen LogP contribution in [0.1, 0.15) is 33.3 Å². The van der Waals surface area contributed by atoms with Crippen LogP contribution in [0.4, 0.5) is 0 Å². The molecule has 0 saturated carbocycles. The third-order valence-corrected chi connectivity index (χ3v) is 2.69. The number of aromatic nitrogens is 1. The number of hydrogen-bond donors (Lipinski definition) is 1. The van der Waals surface area contributed by atoms with Crippen molar-refractivity contribution in [3.63, 3.8) is 0 Å². The van der Waals surface area contributed by atoms with Crippen molar-refractivity contribution in [1.82, 2.24) is 4.98 Å². The van der Waals surface area contributed by atoms with Gasteiger partial charge in [0.1, 0.15) is 22.8 Å². The average molecular weight is 271 g/mol. The zero-order chi connectivity index (χ0) is 14.7. The Morgan fingerprint density at radius 1 is 1.20 bits per heavy atom. The lowest BCUT2D eigenvalue weighted by atomic mass is 10.1. The first-order valence-electron chi connectivity index (χ1n) is 5.96. The molecule has 2 aromatic rings. The summed E-state index contributed by atoms with van der Waals surface area (Å²) in [5.41, 5.74) is 1.30. The van der Waals surface area contributed by atoms with E-state index in [1.54, 1.807) is 18.2 Å². The number of nitrogens with zero attached hydrogens (tertiary/aromatic N) is 1. The number of benzene rings is 1. The Morgan fingerprint density at radius 3 is 2.50 bits per heavy atom. The molecule has 0 radical (unpaired) electrons. The molecule has 1 aromatic carbocycles. The van der Waals surface area contributed by atoms with Crippen molar-refractivity contribution >= 4 is 11.8 Å². The van der Waals surface area contributed by atoms with E-state index in [0.29, 0.717) is 11.4 Å². The fraction of sp³-hybridized carbons (Fsp3) is 0.133. The molecule has 0 atom stereocenters. The number of hydrogen-bond acceptors (Lipinski definition) is 4. The Balaban J connectivity index is 2.31. The Bertz CT molecular complexity index is 662. The third-order valence-electron chi connectivity index (χ3n) is 2.69. The molecule has 20 heavy (non-hydrogen) atoms. The first-order valence-corrected chi connectivity index (χ1v) is 5.96. The van der Waals surface area contributed by atoms with E-state index in [1.165, 1.54) is 25.3 Å². The number of pyridine rings is 1. The van der Waals surface area contributed by atoms with Crippen molar-refractivity contribution in [3.05, 3.63) is 53.3 Å². The largest absolute Gasteiger partial charge is 0.478 e. The van der Waals surface area contributed by atoms with Gasteiger partial charge in [-0.3, -0.25) is 4.79 Å². The number of carboxylic acids is 1. The first kappa shape index (κ1) is 13.7. The van der Waals surface area contributed by atoms with E-state index >= 15 is 0 Å². The van der Waals surface area contributed by atoms with E-state index in [4.69, 9.17) is 9.84 Å². The summed E-state index contributed by atoms with van der Waals surface area (Å²) in [6.07, 6.45) is 1.39. The Hall–Kier alpha value is -2.69. The molecule has 2 rings (SSSR count). The molecule has 0 unspecified atom stereocenters. The van der Waals surface area contributed by atoms with E-state index in [1.807, 2.05) is 6.92 Å². The molecule has 102 valence electrons. The fourth-order valence-electron chi connectivity index (χ4n) is 1.67. The third kappa shape index (κ3) is 3.00. The highest BCUT2D eigenvalue weighted by atomic mass is 16.5. The molecular formula is C15H13NO4. The van der Waals surface area contributed by atoms with Crippen molar-refractivity contribution < 1.29 is 19.4 Å². The minimum atomic E-state index is -1.06. The highest BCUT2D eigenvalue weighted by Crippen LogP contribution is 2.26. The molecule has 1 heterocycles. The lowest BCUT2D eigenvalue weighted by molar-refractivity contribution is 0.0694. The second-order valence-corrected chi connectivity index (χ2v) is 4.34. The molecule has 0 aliphatic rings. The molecule has 0 spiro atoms. The Morgan fingerprint density at radius 2 is 1.95 bits per heavy atom. The van der Waals surface area contributed by atoms with Gasteiger partial charge in [0, 0.05) is 6.92 Å². The molecule has 0 bridgehead atoms. The van der Waals surface area contributed by atoms with Gasteiger partial charge in [0.25, 0.3) is 0 Å². The standard InChI is InChI=1S/C15H13NO4/c1-9-3-5-12(15(18)19)14(7-9)20-11-4-6-13(10(2)17)16-8-11/h3-8H,1-2H3,(H,18,19). The summed E-state index contributed by atoms with van der Waals surface area (Å²) in [5, 5.41) is 9.11. The summed E-state index contributed by atoms with van der Waals surface area (Å²) in [6.45, 7) is 3.27. The molecule has 0 amide bonds. The molecule has 0 fully saturated rings. The van der Waals surface area contributed by atoms with Crippen LogP contribution in [0.3, 0.4) is 0 Å². The van der Waals surface area contributed by atoms with Crippen LogP contribution in [0.15, 0.2) is 36.5 Å². The SMILES string of the molecule is CC(=O)c1ccc(Oc2cc(C)ccc2C(=O)O)cn1. The van der Waals surface area contributed by atoms with Crippen molar-refractivity contribution in [2.75, 3.05) is 0 Å². The highest BCUT2D eigenvalue weighted by Gasteiger charge is 2.12. The number of carbonyl (C=O) groups is 2. The normalized spacial score (nSPS) is 10.1. The quantitative estimate of drug-likeness (QED) is 0.865. The minimum Gasteiger partial charge on any atom is -0.478 e. The van der Waals surface area contributed by atoms with E-state index in [0.717, 1.165) is 5.56 Å². The van der Waals surface area contributed by atoms with E-state index in [9.17, 15) is 9.59 Å². The zero-order valence-electron chi connectivity index (χ0n) is 11.1. The summed E-state index contributed by atoms with van der Waals surface area (Å²) >= 11 is 0. The van der Waals surface area contributed by atoms with Gasteiger partial charge in [0.2, 0.25) is 0 Å². The number of Topliss-reactive ketones (excluding diaryl/α,β-unsaturated/α-hetero) is 1. The molecule has 0 saturated heterocycles. The predicted molar refractivity (Wildman–Crippen MR) is 72.5 cm³/mol. The molecule has 0 aliphatic heterocycles. The topological polar surface area (TPSA) is 76.5 Å². The second kappa shape index (κ2) is 5.52. The number of ether oxygens (including phenoxy) is 1. The van der Waals surface area contributed by atoms with Gasteiger partial charge < -0.3 is 9.84 Å². The number of carbonyl (C=O) groups excluding carboxylic acids is 1. The monoisotopic (exact) mass is 271 g/mol. The van der Waals surface area contributed by atoms with Crippen LogP contribution in [0, 0.1) is 6.92 Å². The second-order valence-electron chi connectivity index (χ2n) is 4.34. The number of carboxylic acid groups (broad SMARTS) is 1. The smallest absolute Gasteiger partial charge is 0.339 e. The molecule has 5 nitrogen and oxygen atoms in total. The number of ketones is 1. The molecule has 5 heteroatoms. The van der Waals surface area contributed by atoms with Gasteiger partial charge in [0.05, 0.1) is 6.20 Å². The summed E-state index contributed by atoms with van der Waals surface area (Å²) in [6, 6.07) is 7.95. The van der Waals surface area contributed by atoms with Crippen molar-refractivity contribution in [2.24, 2.45) is 0 Å². The van der Waals surface area contributed by atoms with Crippen LogP contribution in [0.25, 0.3) is 0 Å².